The van der Waals surface area contributed by atoms with Crippen LogP contribution in [-0.2, 0) is 4.79 Å². The summed E-state index contributed by atoms with van der Waals surface area (Å²) in [6.07, 6.45) is 6.44. The Labute approximate surface area is 132 Å². The number of Topliss-reactive ketones (excluding diaryl/α,β-unsaturated/α-hetero) is 1. The fraction of sp³-hybridized carbons (Fsp3) is 0.737. The van der Waals surface area contributed by atoms with Crippen molar-refractivity contribution in [3.05, 3.63) is 22.8 Å². The average Bonchev–Trinajstić information content (AvgIpc) is 2.47. The lowest BCUT2D eigenvalue weighted by Crippen LogP contribution is -2.52. The Morgan fingerprint density at radius 1 is 1.18 bits per heavy atom. The van der Waals surface area contributed by atoms with Crippen LogP contribution in [0, 0.1) is 23.2 Å². The highest BCUT2D eigenvalue weighted by Gasteiger charge is 2.54. The third kappa shape index (κ3) is 1.91. The summed E-state index contributed by atoms with van der Waals surface area (Å²) < 4.78 is 0. The van der Waals surface area contributed by atoms with Crippen molar-refractivity contribution in [3.8, 4) is 0 Å². The largest absolute Gasteiger partial charge is 0.393 e. The smallest absolute Gasteiger partial charge is 0.158 e. The summed E-state index contributed by atoms with van der Waals surface area (Å²) >= 11 is 0. The Morgan fingerprint density at radius 3 is 2.73 bits per heavy atom. The van der Waals surface area contributed by atoms with Gasteiger partial charge in [-0.05, 0) is 67.8 Å². The molecule has 2 saturated carbocycles. The van der Waals surface area contributed by atoms with Gasteiger partial charge in [-0.1, -0.05) is 24.1 Å². The highest BCUT2D eigenvalue weighted by molar-refractivity contribution is 5.96. The van der Waals surface area contributed by atoms with Crippen LogP contribution in [0.4, 0.5) is 0 Å². The second-order valence-corrected chi connectivity index (χ2v) is 8.20. The Hall–Kier alpha value is -0.930. The Kier molecular flexibility index (Phi) is 3.18. The van der Waals surface area contributed by atoms with Gasteiger partial charge in [-0.3, -0.25) is 4.79 Å². The van der Waals surface area contributed by atoms with E-state index in [2.05, 4.69) is 6.92 Å². The van der Waals surface area contributed by atoms with Crippen LogP contribution in [0.2, 0.25) is 0 Å². The molecule has 0 spiro atoms. The molecule has 0 heterocycles. The standard InChI is InChI=1S/C19H26O3/c1-10-11-5-12(7-16(10)21)18-15(6-11)19(2)4-3-14(20)8-13(19)9-17(18)22/h9,12,14-15,17-18,20,22H,3-8H2,1-2H3/t12-,14-,15-,17-,18-,19-/m0/s1. The number of aliphatic hydroxyl groups is 2. The number of carbonyl (C=O) groups is 1. The van der Waals surface area contributed by atoms with Gasteiger partial charge in [-0.25, -0.2) is 0 Å². The third-order valence-corrected chi connectivity index (χ3v) is 7.15. The zero-order chi connectivity index (χ0) is 15.6. The van der Waals surface area contributed by atoms with E-state index in [9.17, 15) is 15.0 Å². The molecule has 6 atom stereocenters. The van der Waals surface area contributed by atoms with Crippen LogP contribution in [-0.4, -0.2) is 28.2 Å². The van der Waals surface area contributed by atoms with Crippen LogP contribution < -0.4 is 0 Å². The van der Waals surface area contributed by atoms with Crippen LogP contribution in [0.1, 0.15) is 52.4 Å². The fourth-order valence-corrected chi connectivity index (χ4v) is 5.75. The molecule has 0 unspecified atom stereocenters. The van der Waals surface area contributed by atoms with Crippen molar-refractivity contribution < 1.29 is 15.0 Å². The van der Waals surface area contributed by atoms with Crippen LogP contribution in [0.25, 0.3) is 0 Å². The summed E-state index contributed by atoms with van der Waals surface area (Å²) in [4.78, 5) is 12.2. The molecule has 0 saturated heterocycles. The monoisotopic (exact) mass is 302 g/mol. The lowest BCUT2D eigenvalue weighted by Gasteiger charge is -2.56. The zero-order valence-electron chi connectivity index (χ0n) is 13.5. The predicted octanol–water partition coefficient (Wildman–Crippen LogP) is 2.77. The molecule has 0 aromatic carbocycles. The lowest BCUT2D eigenvalue weighted by atomic mass is 9.49. The van der Waals surface area contributed by atoms with Gasteiger partial charge in [0.2, 0.25) is 0 Å². The van der Waals surface area contributed by atoms with E-state index in [4.69, 9.17) is 0 Å². The summed E-state index contributed by atoms with van der Waals surface area (Å²) in [7, 11) is 0. The Balaban J connectivity index is 1.78. The molecule has 2 fully saturated rings. The maximum absolute atomic E-state index is 12.2. The molecule has 4 aliphatic rings. The van der Waals surface area contributed by atoms with E-state index >= 15 is 0 Å². The number of aliphatic hydroxyl groups excluding tert-OH is 2. The summed E-state index contributed by atoms with van der Waals surface area (Å²) in [5, 5.41) is 20.7. The van der Waals surface area contributed by atoms with Crippen molar-refractivity contribution in [2.24, 2.45) is 23.2 Å². The van der Waals surface area contributed by atoms with Gasteiger partial charge in [0.05, 0.1) is 12.2 Å². The van der Waals surface area contributed by atoms with Gasteiger partial charge >= 0.3 is 0 Å². The van der Waals surface area contributed by atoms with Crippen LogP contribution in [0.15, 0.2) is 22.8 Å². The van der Waals surface area contributed by atoms with Crippen LogP contribution >= 0.6 is 0 Å². The van der Waals surface area contributed by atoms with Crippen LogP contribution in [0.5, 0.6) is 0 Å². The molecule has 0 aromatic rings. The van der Waals surface area contributed by atoms with Crippen molar-refractivity contribution in [3.63, 3.8) is 0 Å². The van der Waals surface area contributed by atoms with Gasteiger partial charge in [-0.2, -0.15) is 0 Å². The number of ketones is 1. The van der Waals surface area contributed by atoms with Gasteiger partial charge in [-0.15, -0.1) is 0 Å². The van der Waals surface area contributed by atoms with E-state index in [-0.39, 0.29) is 23.2 Å². The zero-order valence-corrected chi connectivity index (χ0v) is 13.5. The van der Waals surface area contributed by atoms with Crippen molar-refractivity contribution in [2.75, 3.05) is 0 Å². The minimum atomic E-state index is -0.448. The molecule has 0 aliphatic heterocycles. The number of hydrogen-bond acceptors (Lipinski definition) is 3. The second kappa shape index (κ2) is 4.78. The molecule has 4 rings (SSSR count). The molecule has 2 bridgehead atoms. The van der Waals surface area contributed by atoms with E-state index in [1.165, 1.54) is 11.1 Å². The number of hydrogen-bond donors (Lipinski definition) is 2. The first kappa shape index (κ1) is 14.6. The van der Waals surface area contributed by atoms with Crippen molar-refractivity contribution >= 4 is 5.78 Å². The second-order valence-electron chi connectivity index (χ2n) is 8.20. The summed E-state index contributed by atoms with van der Waals surface area (Å²) in [5.74, 6) is 1.23. The van der Waals surface area contributed by atoms with E-state index < -0.39 is 6.10 Å². The van der Waals surface area contributed by atoms with Crippen molar-refractivity contribution in [1.29, 1.82) is 0 Å². The van der Waals surface area contributed by atoms with Gasteiger partial charge in [0, 0.05) is 6.42 Å². The fourth-order valence-electron chi connectivity index (χ4n) is 5.75. The van der Waals surface area contributed by atoms with Gasteiger partial charge < -0.3 is 10.2 Å². The molecule has 4 aliphatic carbocycles. The first-order valence-electron chi connectivity index (χ1n) is 8.69. The number of fused-ring (bicyclic) bond motifs is 6. The molecular weight excluding hydrogens is 276 g/mol. The molecule has 0 aromatic heterocycles. The van der Waals surface area contributed by atoms with Crippen molar-refractivity contribution in [2.45, 2.75) is 64.6 Å². The SMILES string of the molecule is CC1=C2C[C@@H](CC1=O)[C@@H]1[C@@H](O)C=C3C[C@@H](O)CC[C@]3(C)[C@H]1C2. The van der Waals surface area contributed by atoms with Gasteiger partial charge in [0.1, 0.15) is 0 Å². The van der Waals surface area contributed by atoms with E-state index in [0.29, 0.717) is 24.7 Å². The van der Waals surface area contributed by atoms with Crippen LogP contribution in [0.3, 0.4) is 0 Å². The molecule has 0 radical (unpaired) electrons. The third-order valence-electron chi connectivity index (χ3n) is 7.15. The molecular formula is C19H26O3. The van der Waals surface area contributed by atoms with Gasteiger partial charge in [0.15, 0.2) is 5.78 Å². The average molecular weight is 302 g/mol. The minimum absolute atomic E-state index is 0.0910. The molecule has 0 amide bonds. The van der Waals surface area contributed by atoms with E-state index in [1.54, 1.807) is 0 Å². The van der Waals surface area contributed by atoms with Gasteiger partial charge in [0.25, 0.3) is 0 Å². The molecule has 22 heavy (non-hydrogen) atoms. The normalized spacial score (nSPS) is 47.7. The number of carbonyl (C=O) groups excluding carboxylic acids is 1. The maximum Gasteiger partial charge on any atom is 0.158 e. The Morgan fingerprint density at radius 2 is 1.95 bits per heavy atom. The summed E-state index contributed by atoms with van der Waals surface area (Å²) in [5.41, 5.74) is 3.67. The number of allylic oxidation sites excluding steroid dienone is 2. The molecule has 3 nitrogen and oxygen atoms in total. The number of rotatable bonds is 0. The molecule has 120 valence electrons. The quantitative estimate of drug-likeness (QED) is 0.677. The summed E-state index contributed by atoms with van der Waals surface area (Å²) in [6.45, 7) is 4.31. The first-order valence-corrected chi connectivity index (χ1v) is 8.69. The maximum atomic E-state index is 12.2. The Bertz CT molecular complexity index is 587. The highest BCUT2D eigenvalue weighted by Crippen LogP contribution is 2.60. The van der Waals surface area contributed by atoms with E-state index in [0.717, 1.165) is 31.3 Å². The topological polar surface area (TPSA) is 57.5 Å². The van der Waals surface area contributed by atoms with E-state index in [1.807, 2.05) is 13.0 Å². The van der Waals surface area contributed by atoms with Crippen molar-refractivity contribution in [1.82, 2.24) is 0 Å². The first-order chi connectivity index (χ1) is 10.4. The molecule has 3 heteroatoms. The predicted molar refractivity (Wildman–Crippen MR) is 84.1 cm³/mol. The lowest BCUT2D eigenvalue weighted by molar-refractivity contribution is -0.120. The minimum Gasteiger partial charge on any atom is -0.393 e. The highest BCUT2D eigenvalue weighted by atomic mass is 16.3. The summed E-state index contributed by atoms with van der Waals surface area (Å²) in [6, 6.07) is 0. The molecule has 2 N–H and O–H groups in total.